The zero-order chi connectivity index (χ0) is 14.9. The number of benzene rings is 1. The Hall–Kier alpha value is -1.39. The molecule has 4 nitrogen and oxygen atoms in total. The molecule has 2 N–H and O–H groups in total. The Morgan fingerprint density at radius 1 is 1.25 bits per heavy atom. The van der Waals surface area contributed by atoms with Crippen LogP contribution in [0.3, 0.4) is 0 Å². The number of rotatable bonds is 2. The first-order valence-corrected chi connectivity index (χ1v) is 7.21. The number of hydrogen-bond donors (Lipinski definition) is 1. The summed E-state index contributed by atoms with van der Waals surface area (Å²) in [5.41, 5.74) is 10.0. The van der Waals surface area contributed by atoms with E-state index in [0.29, 0.717) is 6.54 Å². The molecule has 1 saturated heterocycles. The molecule has 1 unspecified atom stereocenters. The fraction of sp³-hybridized carbons (Fsp3) is 0.562. The first-order chi connectivity index (χ1) is 9.43. The van der Waals surface area contributed by atoms with Crippen LogP contribution in [-0.4, -0.2) is 55.0 Å². The molecule has 1 aliphatic rings. The van der Waals surface area contributed by atoms with Crippen molar-refractivity contribution < 1.29 is 4.79 Å². The van der Waals surface area contributed by atoms with E-state index in [-0.39, 0.29) is 11.9 Å². The number of aryl methyl sites for hydroxylation is 3. The summed E-state index contributed by atoms with van der Waals surface area (Å²) in [7, 11) is 2.08. The molecular weight excluding hydrogens is 250 g/mol. The van der Waals surface area contributed by atoms with Crippen molar-refractivity contribution in [2.24, 2.45) is 5.73 Å². The molecule has 1 heterocycles. The largest absolute Gasteiger partial charge is 0.332 e. The number of piperazine rings is 1. The summed E-state index contributed by atoms with van der Waals surface area (Å²) in [6.45, 7) is 9.12. The quantitative estimate of drug-likeness (QED) is 0.886. The normalized spacial score (nSPS) is 20.2. The average molecular weight is 275 g/mol. The van der Waals surface area contributed by atoms with E-state index in [1.54, 1.807) is 0 Å². The van der Waals surface area contributed by atoms with Crippen LogP contribution in [0.15, 0.2) is 12.1 Å². The molecule has 110 valence electrons. The summed E-state index contributed by atoms with van der Waals surface area (Å²) < 4.78 is 0. The van der Waals surface area contributed by atoms with Crippen LogP contribution in [0.4, 0.5) is 0 Å². The van der Waals surface area contributed by atoms with E-state index in [4.69, 9.17) is 5.73 Å². The Kier molecular flexibility index (Phi) is 4.45. The maximum Gasteiger partial charge on any atom is 0.254 e. The number of hydrogen-bond acceptors (Lipinski definition) is 3. The van der Waals surface area contributed by atoms with Gasteiger partial charge in [0, 0.05) is 31.7 Å². The average Bonchev–Trinajstić information content (AvgIpc) is 2.37. The van der Waals surface area contributed by atoms with Crippen LogP contribution in [0.5, 0.6) is 0 Å². The Bertz CT molecular complexity index is 489. The van der Waals surface area contributed by atoms with Crippen molar-refractivity contribution in [1.29, 1.82) is 0 Å². The number of nitrogens with two attached hydrogens (primary N) is 1. The highest BCUT2D eigenvalue weighted by molar-refractivity contribution is 5.97. The molecule has 0 spiro atoms. The molecule has 1 aliphatic heterocycles. The minimum absolute atomic E-state index is 0.112. The van der Waals surface area contributed by atoms with Gasteiger partial charge in [0.05, 0.1) is 6.04 Å². The van der Waals surface area contributed by atoms with Gasteiger partial charge in [-0.05, 0) is 38.9 Å². The zero-order valence-corrected chi connectivity index (χ0v) is 12.9. The molecule has 1 aromatic carbocycles. The summed E-state index contributed by atoms with van der Waals surface area (Å²) in [4.78, 5) is 17.1. The predicted molar refractivity (Wildman–Crippen MR) is 82.0 cm³/mol. The number of likely N-dealkylation sites (N-methyl/N-ethyl adjacent to an activating group) is 1. The minimum atomic E-state index is 0.112. The second-order valence-corrected chi connectivity index (χ2v) is 5.92. The third-order valence-electron chi connectivity index (χ3n) is 4.11. The number of amides is 1. The fourth-order valence-electron chi connectivity index (χ4n) is 3.14. The standard InChI is InChI=1S/C16H25N3O/c1-11-7-12(2)15(13(3)8-11)16(20)19-6-5-18(4)10-14(19)9-17/h7-8,14H,5-6,9-10,17H2,1-4H3. The van der Waals surface area contributed by atoms with Crippen LogP contribution in [0.1, 0.15) is 27.0 Å². The zero-order valence-electron chi connectivity index (χ0n) is 12.9. The molecule has 1 amide bonds. The lowest BCUT2D eigenvalue weighted by molar-refractivity contribution is 0.0514. The van der Waals surface area contributed by atoms with Gasteiger partial charge >= 0.3 is 0 Å². The SMILES string of the molecule is Cc1cc(C)c(C(=O)N2CCN(C)CC2CN)c(C)c1. The first-order valence-electron chi connectivity index (χ1n) is 7.21. The summed E-state index contributed by atoms with van der Waals surface area (Å²) in [5.74, 6) is 0.128. The summed E-state index contributed by atoms with van der Waals surface area (Å²) in [6, 6.07) is 4.27. The fourth-order valence-corrected chi connectivity index (χ4v) is 3.14. The van der Waals surface area contributed by atoms with Crippen LogP contribution in [0, 0.1) is 20.8 Å². The van der Waals surface area contributed by atoms with Gasteiger partial charge in [0.1, 0.15) is 0 Å². The van der Waals surface area contributed by atoms with Crippen molar-refractivity contribution in [3.8, 4) is 0 Å². The van der Waals surface area contributed by atoms with E-state index in [1.165, 1.54) is 5.56 Å². The Morgan fingerprint density at radius 3 is 2.40 bits per heavy atom. The number of nitrogens with zero attached hydrogens (tertiary/aromatic N) is 2. The van der Waals surface area contributed by atoms with Gasteiger partial charge in [0.25, 0.3) is 5.91 Å². The van der Waals surface area contributed by atoms with Crippen LogP contribution >= 0.6 is 0 Å². The lowest BCUT2D eigenvalue weighted by Gasteiger charge is -2.40. The monoisotopic (exact) mass is 275 g/mol. The maximum atomic E-state index is 12.9. The smallest absolute Gasteiger partial charge is 0.254 e. The van der Waals surface area contributed by atoms with Crippen molar-refractivity contribution in [3.63, 3.8) is 0 Å². The van der Waals surface area contributed by atoms with Crippen LogP contribution in [0.25, 0.3) is 0 Å². The van der Waals surface area contributed by atoms with Gasteiger partial charge in [-0.2, -0.15) is 0 Å². The van der Waals surface area contributed by atoms with Crippen molar-refractivity contribution in [2.45, 2.75) is 26.8 Å². The van der Waals surface area contributed by atoms with Crippen molar-refractivity contribution in [3.05, 3.63) is 34.4 Å². The van der Waals surface area contributed by atoms with E-state index < -0.39 is 0 Å². The van der Waals surface area contributed by atoms with E-state index in [2.05, 4.69) is 31.0 Å². The third-order valence-corrected chi connectivity index (χ3v) is 4.11. The van der Waals surface area contributed by atoms with Gasteiger partial charge in [-0.25, -0.2) is 0 Å². The first kappa shape index (κ1) is 15.0. The molecule has 2 rings (SSSR count). The molecule has 20 heavy (non-hydrogen) atoms. The lowest BCUT2D eigenvalue weighted by atomic mass is 9.97. The van der Waals surface area contributed by atoms with Crippen LogP contribution in [-0.2, 0) is 0 Å². The van der Waals surface area contributed by atoms with E-state index in [0.717, 1.165) is 36.3 Å². The molecule has 1 atom stereocenters. The van der Waals surface area contributed by atoms with Gasteiger partial charge in [-0.15, -0.1) is 0 Å². The van der Waals surface area contributed by atoms with E-state index in [1.807, 2.05) is 18.7 Å². The molecular formula is C16H25N3O. The molecule has 1 aromatic rings. The Balaban J connectivity index is 2.31. The molecule has 4 heteroatoms. The van der Waals surface area contributed by atoms with Gasteiger partial charge in [0.15, 0.2) is 0 Å². The van der Waals surface area contributed by atoms with Crippen molar-refractivity contribution in [2.75, 3.05) is 33.2 Å². The van der Waals surface area contributed by atoms with Gasteiger partial charge < -0.3 is 15.5 Å². The van der Waals surface area contributed by atoms with Gasteiger partial charge in [0.2, 0.25) is 0 Å². The molecule has 0 bridgehead atoms. The highest BCUT2D eigenvalue weighted by Gasteiger charge is 2.30. The Morgan fingerprint density at radius 2 is 1.85 bits per heavy atom. The molecule has 0 aromatic heterocycles. The highest BCUT2D eigenvalue weighted by atomic mass is 16.2. The summed E-state index contributed by atoms with van der Waals surface area (Å²) in [6.07, 6.45) is 0. The van der Waals surface area contributed by atoms with Gasteiger partial charge in [-0.3, -0.25) is 4.79 Å². The molecule has 0 radical (unpaired) electrons. The second-order valence-electron chi connectivity index (χ2n) is 5.92. The predicted octanol–water partition coefficient (Wildman–Crippen LogP) is 1.33. The summed E-state index contributed by atoms with van der Waals surface area (Å²) >= 11 is 0. The highest BCUT2D eigenvalue weighted by Crippen LogP contribution is 2.20. The Labute approximate surface area is 121 Å². The van der Waals surface area contributed by atoms with Crippen molar-refractivity contribution in [1.82, 2.24) is 9.80 Å². The van der Waals surface area contributed by atoms with Gasteiger partial charge in [-0.1, -0.05) is 17.7 Å². The maximum absolute atomic E-state index is 12.9. The van der Waals surface area contributed by atoms with Crippen molar-refractivity contribution >= 4 is 5.91 Å². The minimum Gasteiger partial charge on any atom is -0.332 e. The number of carbonyl (C=O) groups is 1. The molecule has 0 saturated carbocycles. The van der Waals surface area contributed by atoms with Crippen LogP contribution in [0.2, 0.25) is 0 Å². The topological polar surface area (TPSA) is 49.6 Å². The molecule has 0 aliphatic carbocycles. The second kappa shape index (κ2) is 5.94. The number of carbonyl (C=O) groups excluding carboxylic acids is 1. The summed E-state index contributed by atoms with van der Waals surface area (Å²) in [5, 5.41) is 0. The van der Waals surface area contributed by atoms with E-state index >= 15 is 0 Å². The van der Waals surface area contributed by atoms with E-state index in [9.17, 15) is 4.79 Å². The van der Waals surface area contributed by atoms with Crippen LogP contribution < -0.4 is 5.73 Å². The third kappa shape index (κ3) is 2.86. The molecule has 1 fully saturated rings. The lowest BCUT2D eigenvalue weighted by Crippen LogP contribution is -2.56.